The number of rotatable bonds is 7. The number of aliphatic hydroxyl groups is 1. The summed E-state index contributed by atoms with van der Waals surface area (Å²) >= 11 is 0. The van der Waals surface area contributed by atoms with Crippen LogP contribution >= 0.6 is 0 Å². The van der Waals surface area contributed by atoms with Crippen LogP contribution in [0.3, 0.4) is 0 Å². The molecule has 2 aromatic heterocycles. The Bertz CT molecular complexity index is 1580. The van der Waals surface area contributed by atoms with Crippen LogP contribution in [0.2, 0.25) is 0 Å². The van der Waals surface area contributed by atoms with Crippen molar-refractivity contribution in [2.45, 2.75) is 89.2 Å². The molecule has 15 heteroatoms. The van der Waals surface area contributed by atoms with Crippen LogP contribution in [-0.4, -0.2) is 104 Å². The molecule has 254 valence electrons. The minimum absolute atomic E-state index is 0.0363. The molecule has 0 radical (unpaired) electrons. The monoisotopic (exact) mass is 657 g/mol. The number of carbonyl (C=O) groups is 2. The Morgan fingerprint density at radius 1 is 1.06 bits per heavy atom. The van der Waals surface area contributed by atoms with Gasteiger partial charge in [-0.2, -0.15) is 9.97 Å². The molecule has 6 rings (SSSR count). The first-order chi connectivity index (χ1) is 22.4. The van der Waals surface area contributed by atoms with Crippen molar-refractivity contribution >= 4 is 29.0 Å². The Labute approximate surface area is 271 Å². The van der Waals surface area contributed by atoms with Crippen LogP contribution in [0, 0.1) is 0 Å². The lowest BCUT2D eigenvalue weighted by Crippen LogP contribution is -2.50. The largest absolute Gasteiger partial charge is 0.474 e. The van der Waals surface area contributed by atoms with E-state index >= 15 is 0 Å². The zero-order valence-electron chi connectivity index (χ0n) is 26.8. The van der Waals surface area contributed by atoms with Crippen molar-refractivity contribution in [1.29, 1.82) is 0 Å². The maximum atomic E-state index is 14.2. The highest BCUT2D eigenvalue weighted by atomic mass is 19.3. The summed E-state index contributed by atoms with van der Waals surface area (Å²) in [7, 11) is 0. The molecule has 0 unspecified atom stereocenters. The normalized spacial score (nSPS) is 23.7. The summed E-state index contributed by atoms with van der Waals surface area (Å²) in [4.78, 5) is 42.7. The van der Waals surface area contributed by atoms with E-state index in [1.807, 2.05) is 4.90 Å². The fourth-order valence-electron chi connectivity index (χ4n) is 6.29. The molecule has 0 spiro atoms. The van der Waals surface area contributed by atoms with Gasteiger partial charge < -0.3 is 29.5 Å². The number of ether oxygens (including phenoxy) is 3. The molecular formula is C32H41F2N7O6. The highest BCUT2D eigenvalue weighted by Crippen LogP contribution is 2.31. The fourth-order valence-corrected chi connectivity index (χ4v) is 6.29. The van der Waals surface area contributed by atoms with E-state index in [4.69, 9.17) is 14.2 Å². The SMILES string of the molecule is CC(C)(C)OC(=O)N1C[C@@H](O)C[C@H]1C(=O)N[C@H]1CC[C@H](Oc2cc(-n3c(C(F)F)nc4ccccc43)nc(N3CCOCC3)n2)CC1. The van der Waals surface area contributed by atoms with Crippen LogP contribution in [0.1, 0.15) is 65.1 Å². The Morgan fingerprint density at radius 3 is 2.49 bits per heavy atom. The Morgan fingerprint density at radius 2 is 1.79 bits per heavy atom. The van der Waals surface area contributed by atoms with Crippen molar-refractivity contribution in [3.8, 4) is 11.7 Å². The summed E-state index contributed by atoms with van der Waals surface area (Å²) in [5, 5.41) is 13.3. The predicted octanol–water partition coefficient (Wildman–Crippen LogP) is 3.77. The van der Waals surface area contributed by atoms with Gasteiger partial charge in [0.2, 0.25) is 17.7 Å². The average molecular weight is 658 g/mol. The van der Waals surface area contributed by atoms with E-state index in [-0.39, 0.29) is 42.7 Å². The molecule has 2 aliphatic heterocycles. The van der Waals surface area contributed by atoms with Crippen molar-refractivity contribution in [3.63, 3.8) is 0 Å². The Hall–Kier alpha value is -4.11. The number of alkyl halides is 2. The number of halogens is 2. The summed E-state index contributed by atoms with van der Waals surface area (Å²) in [6.07, 6.45) is -1.90. The molecule has 3 fully saturated rings. The molecule has 1 saturated carbocycles. The molecule has 13 nitrogen and oxygen atoms in total. The van der Waals surface area contributed by atoms with Crippen LogP contribution < -0.4 is 15.0 Å². The van der Waals surface area contributed by atoms with E-state index in [9.17, 15) is 23.5 Å². The van der Waals surface area contributed by atoms with Gasteiger partial charge >= 0.3 is 6.09 Å². The predicted molar refractivity (Wildman–Crippen MR) is 167 cm³/mol. The highest BCUT2D eigenvalue weighted by molar-refractivity contribution is 5.86. The number of hydrogen-bond donors (Lipinski definition) is 2. The van der Waals surface area contributed by atoms with Gasteiger partial charge in [0.05, 0.1) is 36.9 Å². The van der Waals surface area contributed by atoms with E-state index in [1.165, 1.54) is 9.47 Å². The van der Waals surface area contributed by atoms with Crippen molar-refractivity contribution in [1.82, 2.24) is 29.7 Å². The summed E-state index contributed by atoms with van der Waals surface area (Å²) in [6.45, 7) is 7.36. The third-order valence-corrected chi connectivity index (χ3v) is 8.50. The van der Waals surface area contributed by atoms with Crippen LogP contribution in [-0.2, 0) is 14.3 Å². The second kappa shape index (κ2) is 13.6. The van der Waals surface area contributed by atoms with Gasteiger partial charge in [0.25, 0.3) is 6.43 Å². The maximum absolute atomic E-state index is 14.2. The van der Waals surface area contributed by atoms with Crippen molar-refractivity contribution in [2.75, 3.05) is 37.7 Å². The van der Waals surface area contributed by atoms with Crippen LogP contribution in [0.15, 0.2) is 30.3 Å². The summed E-state index contributed by atoms with van der Waals surface area (Å²) in [6, 6.07) is 7.52. The number of likely N-dealkylation sites (tertiary alicyclic amines) is 1. The van der Waals surface area contributed by atoms with Crippen LogP contribution in [0.25, 0.3) is 16.9 Å². The number of hydrogen-bond acceptors (Lipinski definition) is 10. The molecule has 2 N–H and O–H groups in total. The molecule has 4 heterocycles. The lowest BCUT2D eigenvalue weighted by Gasteiger charge is -2.32. The lowest BCUT2D eigenvalue weighted by atomic mass is 9.92. The minimum Gasteiger partial charge on any atom is -0.474 e. The topological polar surface area (TPSA) is 144 Å². The molecule has 3 aliphatic rings. The number of fused-ring (bicyclic) bond motifs is 1. The number of anilines is 1. The van der Waals surface area contributed by atoms with Gasteiger partial charge in [-0.25, -0.2) is 18.6 Å². The zero-order chi connectivity index (χ0) is 33.3. The molecular weight excluding hydrogens is 616 g/mol. The molecule has 47 heavy (non-hydrogen) atoms. The third-order valence-electron chi connectivity index (χ3n) is 8.50. The average Bonchev–Trinajstić information content (AvgIpc) is 3.63. The molecule has 2 atom stereocenters. The number of nitrogens with one attached hydrogen (secondary N) is 1. The van der Waals surface area contributed by atoms with E-state index in [0.717, 1.165) is 0 Å². The first kappa shape index (κ1) is 32.8. The fraction of sp³-hybridized carbons (Fsp3) is 0.594. The number of benzene rings is 1. The van der Waals surface area contributed by atoms with Crippen molar-refractivity contribution < 1.29 is 37.7 Å². The van der Waals surface area contributed by atoms with Crippen molar-refractivity contribution in [2.24, 2.45) is 0 Å². The quantitative estimate of drug-likeness (QED) is 0.385. The Balaban J connectivity index is 1.15. The van der Waals surface area contributed by atoms with Crippen LogP contribution in [0.5, 0.6) is 5.88 Å². The maximum Gasteiger partial charge on any atom is 0.411 e. The Kier molecular flexibility index (Phi) is 9.46. The zero-order valence-corrected chi connectivity index (χ0v) is 26.8. The van der Waals surface area contributed by atoms with E-state index in [1.54, 1.807) is 51.1 Å². The van der Waals surface area contributed by atoms with E-state index in [2.05, 4.69) is 20.3 Å². The summed E-state index contributed by atoms with van der Waals surface area (Å²) in [5.41, 5.74) is 0.199. The highest BCUT2D eigenvalue weighted by Gasteiger charge is 2.41. The molecule has 2 amide bonds. The number of β-amino-alcohol motifs (C(OH)–C–C–N with tert-alkyl or cyclic N) is 1. The van der Waals surface area contributed by atoms with Crippen molar-refractivity contribution in [3.05, 3.63) is 36.2 Å². The number of amides is 2. The molecule has 1 aliphatic carbocycles. The second-order valence-corrected chi connectivity index (χ2v) is 13.2. The second-order valence-electron chi connectivity index (χ2n) is 13.2. The number of aliphatic hydroxyl groups excluding tert-OH is 1. The first-order valence-corrected chi connectivity index (χ1v) is 16.1. The molecule has 1 aromatic carbocycles. The number of aromatic nitrogens is 4. The minimum atomic E-state index is -2.83. The van der Waals surface area contributed by atoms with Gasteiger partial charge in [-0.3, -0.25) is 14.3 Å². The van der Waals surface area contributed by atoms with Gasteiger partial charge in [0.1, 0.15) is 23.6 Å². The molecule has 0 bridgehead atoms. The van der Waals surface area contributed by atoms with Gasteiger partial charge in [-0.15, -0.1) is 0 Å². The lowest BCUT2D eigenvalue weighted by molar-refractivity contribution is -0.126. The standard InChI is InChI=1S/C32H41F2N7O6/c1-32(2,3)47-31(44)40-18-20(42)16-24(40)29(43)35-19-8-10-21(11-9-19)46-26-17-25(37-30(38-26)39-12-14-45-15-13-39)41-23-7-5-4-6-22(23)36-28(41)27(33)34/h4-7,17,19-21,24,27,42H,8-16,18H2,1-3H3,(H,35,43)/t19-,20-,21-,24-/m0/s1. The van der Waals surface area contributed by atoms with Gasteiger partial charge in [0, 0.05) is 31.6 Å². The number of para-hydroxylation sites is 2. The smallest absolute Gasteiger partial charge is 0.411 e. The van der Waals surface area contributed by atoms with Crippen LogP contribution in [0.4, 0.5) is 19.5 Å². The number of morpholine rings is 1. The number of carbonyl (C=O) groups excluding carboxylic acids is 2. The summed E-state index contributed by atoms with van der Waals surface area (Å²) < 4.78 is 47.0. The van der Waals surface area contributed by atoms with E-state index < -0.39 is 36.1 Å². The third kappa shape index (κ3) is 7.56. The number of imidazole rings is 1. The van der Waals surface area contributed by atoms with Gasteiger partial charge in [0.15, 0.2) is 5.82 Å². The van der Waals surface area contributed by atoms with Gasteiger partial charge in [-0.05, 0) is 58.6 Å². The molecule has 2 saturated heterocycles. The van der Waals surface area contributed by atoms with E-state index in [0.29, 0.717) is 69.0 Å². The summed E-state index contributed by atoms with van der Waals surface area (Å²) in [5.74, 6) is 0.104. The van der Waals surface area contributed by atoms with Gasteiger partial charge in [-0.1, -0.05) is 12.1 Å². The molecule has 3 aromatic rings. The first-order valence-electron chi connectivity index (χ1n) is 16.1. The number of nitrogens with zero attached hydrogens (tertiary/aromatic N) is 6.